The van der Waals surface area contributed by atoms with E-state index in [1.807, 2.05) is 23.1 Å². The van der Waals surface area contributed by atoms with Crippen LogP contribution in [0.4, 0.5) is 4.79 Å². The van der Waals surface area contributed by atoms with Gasteiger partial charge in [0.1, 0.15) is 5.76 Å². The first-order chi connectivity index (χ1) is 12.4. The van der Waals surface area contributed by atoms with E-state index in [1.165, 1.54) is 18.7 Å². The number of ether oxygens (including phenoxy) is 1. The number of nitrogens with one attached hydrogen (secondary N) is 1. The Labute approximate surface area is 153 Å². The van der Waals surface area contributed by atoms with Crippen molar-refractivity contribution >= 4 is 6.09 Å². The molecular formula is C20H26N2O4. The molecule has 0 spiro atoms. The van der Waals surface area contributed by atoms with Crippen molar-refractivity contribution in [1.29, 1.82) is 0 Å². The zero-order valence-electron chi connectivity index (χ0n) is 15.5. The molecule has 1 amide bonds. The van der Waals surface area contributed by atoms with E-state index in [2.05, 4.69) is 31.1 Å². The molecule has 0 saturated carbocycles. The van der Waals surface area contributed by atoms with Gasteiger partial charge in [-0.05, 0) is 30.2 Å². The van der Waals surface area contributed by atoms with Crippen LogP contribution in [0.1, 0.15) is 50.4 Å². The van der Waals surface area contributed by atoms with E-state index in [0.717, 1.165) is 19.3 Å². The highest BCUT2D eigenvalue weighted by Gasteiger charge is 2.37. The van der Waals surface area contributed by atoms with Gasteiger partial charge in [0.2, 0.25) is 0 Å². The Morgan fingerprint density at radius 1 is 1.35 bits per heavy atom. The molecule has 1 aliphatic rings. The lowest BCUT2D eigenvalue weighted by atomic mass is 9.75. The summed E-state index contributed by atoms with van der Waals surface area (Å²) in [4.78, 5) is 25.5. The molecule has 3 rings (SSSR count). The fourth-order valence-electron chi connectivity index (χ4n) is 3.96. The van der Waals surface area contributed by atoms with Gasteiger partial charge in [0.05, 0.1) is 7.11 Å². The van der Waals surface area contributed by atoms with Gasteiger partial charge in [-0.25, -0.2) is 4.79 Å². The standard InChI is InChI=1S/C20H26N2O4/c1-20(2,15-7-5-4-6-8-15)13-16-11-14(17-12-18(23)21-26-17)9-10-22(16)19(24)25-3/h4-8,12,14,16H,9-11,13H2,1-3H3,(H,21,23). The first-order valence-corrected chi connectivity index (χ1v) is 8.99. The molecule has 1 saturated heterocycles. The molecule has 0 bridgehead atoms. The molecule has 26 heavy (non-hydrogen) atoms. The topological polar surface area (TPSA) is 75.5 Å². The Morgan fingerprint density at radius 2 is 2.08 bits per heavy atom. The predicted molar refractivity (Wildman–Crippen MR) is 98.3 cm³/mol. The highest BCUT2D eigenvalue weighted by molar-refractivity contribution is 5.68. The summed E-state index contributed by atoms with van der Waals surface area (Å²) in [5, 5.41) is 2.36. The van der Waals surface area contributed by atoms with Crippen LogP contribution in [0, 0.1) is 0 Å². The van der Waals surface area contributed by atoms with Crippen molar-refractivity contribution in [3.05, 3.63) is 58.1 Å². The zero-order chi connectivity index (χ0) is 18.7. The minimum absolute atomic E-state index is 0.0107. The second kappa shape index (κ2) is 7.40. The SMILES string of the molecule is COC(=O)N1CCC(c2cc(=O)[nH]o2)CC1CC(C)(C)c1ccccc1. The molecule has 0 radical (unpaired) electrons. The molecule has 0 aliphatic carbocycles. The van der Waals surface area contributed by atoms with Gasteiger partial charge >= 0.3 is 6.09 Å². The number of hydrogen-bond donors (Lipinski definition) is 1. The largest absolute Gasteiger partial charge is 0.453 e. The number of carbonyl (C=O) groups excluding carboxylic acids is 1. The lowest BCUT2D eigenvalue weighted by Crippen LogP contribution is -2.48. The van der Waals surface area contributed by atoms with Crippen LogP contribution >= 0.6 is 0 Å². The highest BCUT2D eigenvalue weighted by Crippen LogP contribution is 2.38. The number of benzene rings is 1. The van der Waals surface area contributed by atoms with Crippen LogP contribution in [0.2, 0.25) is 0 Å². The molecule has 6 heteroatoms. The van der Waals surface area contributed by atoms with E-state index in [4.69, 9.17) is 9.26 Å². The maximum atomic E-state index is 12.3. The number of piperidine rings is 1. The normalized spacial score (nSPS) is 20.8. The quantitative estimate of drug-likeness (QED) is 0.905. The third kappa shape index (κ3) is 3.84. The van der Waals surface area contributed by atoms with E-state index in [-0.39, 0.29) is 29.0 Å². The minimum Gasteiger partial charge on any atom is -0.453 e. The predicted octanol–water partition coefficient (Wildman–Crippen LogP) is 3.65. The van der Waals surface area contributed by atoms with Crippen LogP contribution in [0.15, 0.2) is 45.7 Å². The maximum Gasteiger partial charge on any atom is 0.409 e. The van der Waals surface area contributed by atoms with Gasteiger partial charge < -0.3 is 14.2 Å². The molecule has 1 N–H and O–H groups in total. The molecular weight excluding hydrogens is 332 g/mol. The fourth-order valence-corrected chi connectivity index (χ4v) is 3.96. The van der Waals surface area contributed by atoms with Gasteiger partial charge in [0.25, 0.3) is 5.56 Å². The van der Waals surface area contributed by atoms with Gasteiger partial charge in [0, 0.05) is 24.6 Å². The summed E-state index contributed by atoms with van der Waals surface area (Å²) in [6.07, 6.45) is 1.99. The monoisotopic (exact) mass is 358 g/mol. The van der Waals surface area contributed by atoms with Crippen molar-refractivity contribution in [2.45, 2.75) is 50.5 Å². The van der Waals surface area contributed by atoms with Gasteiger partial charge in [-0.1, -0.05) is 44.2 Å². The van der Waals surface area contributed by atoms with E-state index in [0.29, 0.717) is 12.3 Å². The molecule has 1 aromatic carbocycles. The third-order valence-corrected chi connectivity index (χ3v) is 5.37. The number of aromatic amines is 1. The molecule has 2 heterocycles. The van der Waals surface area contributed by atoms with E-state index in [9.17, 15) is 9.59 Å². The van der Waals surface area contributed by atoms with Crippen molar-refractivity contribution in [1.82, 2.24) is 10.1 Å². The third-order valence-electron chi connectivity index (χ3n) is 5.37. The van der Waals surface area contributed by atoms with E-state index in [1.54, 1.807) is 0 Å². The van der Waals surface area contributed by atoms with Crippen molar-refractivity contribution in [3.63, 3.8) is 0 Å². The number of amides is 1. The second-order valence-electron chi connectivity index (χ2n) is 7.61. The smallest absolute Gasteiger partial charge is 0.409 e. The molecule has 6 nitrogen and oxygen atoms in total. The van der Waals surface area contributed by atoms with Gasteiger partial charge in [0.15, 0.2) is 0 Å². The van der Waals surface area contributed by atoms with Crippen LogP contribution in [0.3, 0.4) is 0 Å². The molecule has 2 unspecified atom stereocenters. The lowest BCUT2D eigenvalue weighted by molar-refractivity contribution is 0.0720. The number of nitrogens with zero attached hydrogens (tertiary/aromatic N) is 1. The minimum atomic E-state index is -0.298. The summed E-state index contributed by atoms with van der Waals surface area (Å²) in [6.45, 7) is 4.97. The summed E-state index contributed by atoms with van der Waals surface area (Å²) in [5.74, 6) is 0.786. The summed E-state index contributed by atoms with van der Waals surface area (Å²) in [7, 11) is 1.42. The molecule has 1 aliphatic heterocycles. The lowest BCUT2D eigenvalue weighted by Gasteiger charge is -2.41. The van der Waals surface area contributed by atoms with E-state index >= 15 is 0 Å². The zero-order valence-corrected chi connectivity index (χ0v) is 15.5. The Kier molecular flexibility index (Phi) is 5.20. The Bertz CT molecular complexity index is 793. The molecule has 1 aromatic heterocycles. The summed E-state index contributed by atoms with van der Waals surface area (Å²) >= 11 is 0. The summed E-state index contributed by atoms with van der Waals surface area (Å²) in [6, 6.07) is 11.8. The van der Waals surface area contributed by atoms with Gasteiger partial charge in [-0.15, -0.1) is 0 Å². The highest BCUT2D eigenvalue weighted by atomic mass is 16.5. The van der Waals surface area contributed by atoms with Crippen LogP contribution in [-0.4, -0.2) is 35.8 Å². The van der Waals surface area contributed by atoms with Crippen LogP contribution in [0.25, 0.3) is 0 Å². The second-order valence-corrected chi connectivity index (χ2v) is 7.61. The number of likely N-dealkylation sites (tertiary alicyclic amines) is 1. The molecule has 2 atom stereocenters. The number of aromatic nitrogens is 1. The molecule has 2 aromatic rings. The Balaban J connectivity index is 1.83. The Hall–Kier alpha value is -2.50. The van der Waals surface area contributed by atoms with E-state index < -0.39 is 0 Å². The summed E-state index contributed by atoms with van der Waals surface area (Å²) < 4.78 is 10.3. The van der Waals surface area contributed by atoms with Crippen molar-refractivity contribution in [3.8, 4) is 0 Å². The van der Waals surface area contributed by atoms with Crippen LogP contribution < -0.4 is 5.56 Å². The van der Waals surface area contributed by atoms with Crippen LogP contribution in [-0.2, 0) is 10.2 Å². The average molecular weight is 358 g/mol. The average Bonchev–Trinajstić information content (AvgIpc) is 3.08. The number of carbonyl (C=O) groups is 1. The van der Waals surface area contributed by atoms with Crippen molar-refractivity contribution in [2.75, 3.05) is 13.7 Å². The van der Waals surface area contributed by atoms with Gasteiger partial charge in [-0.3, -0.25) is 4.79 Å². The first-order valence-electron chi connectivity index (χ1n) is 8.99. The maximum absolute atomic E-state index is 12.3. The number of hydrogen-bond acceptors (Lipinski definition) is 4. The molecule has 1 fully saturated rings. The van der Waals surface area contributed by atoms with Crippen molar-refractivity contribution in [2.24, 2.45) is 0 Å². The Morgan fingerprint density at radius 3 is 2.69 bits per heavy atom. The van der Waals surface area contributed by atoms with Crippen molar-refractivity contribution < 1.29 is 14.1 Å². The number of H-pyrrole nitrogens is 1. The van der Waals surface area contributed by atoms with Gasteiger partial charge in [-0.2, -0.15) is 5.16 Å². The summed E-state index contributed by atoms with van der Waals surface area (Å²) in [5.41, 5.74) is 0.913. The number of methoxy groups -OCH3 is 1. The first kappa shape index (κ1) is 18.3. The molecule has 140 valence electrons. The van der Waals surface area contributed by atoms with Crippen LogP contribution in [0.5, 0.6) is 0 Å². The number of rotatable bonds is 4. The fraction of sp³-hybridized carbons (Fsp3) is 0.500.